The fourth-order valence-electron chi connectivity index (χ4n) is 3.48. The fraction of sp³-hybridized carbons (Fsp3) is 0.227. The summed E-state index contributed by atoms with van der Waals surface area (Å²) in [7, 11) is 0. The number of rotatable bonds is 5. The molecule has 1 aromatic heterocycles. The van der Waals surface area contributed by atoms with Crippen LogP contribution >= 0.6 is 0 Å². The van der Waals surface area contributed by atoms with Gasteiger partial charge in [-0.05, 0) is 0 Å². The number of fused-ring (bicyclic) bond motifs is 1. The number of amides is 1. The van der Waals surface area contributed by atoms with Crippen LogP contribution in [0.15, 0.2) is 36.5 Å². The molecule has 0 bridgehead atoms. The summed E-state index contributed by atoms with van der Waals surface area (Å²) in [6, 6.07) is 7.00. The van der Waals surface area contributed by atoms with Gasteiger partial charge in [0.15, 0.2) is 0 Å². The monoisotopic (exact) mass is 503 g/mol. The number of halogens is 3. The maximum absolute atomic E-state index is 14.8. The summed E-state index contributed by atoms with van der Waals surface area (Å²) >= 11 is -0.917. The van der Waals surface area contributed by atoms with Crippen LogP contribution in [0.2, 0.25) is 0 Å². The molecule has 0 saturated carbocycles. The average Bonchev–Trinajstić information content (AvgIpc) is 2.74. The Labute approximate surface area is 189 Å². The molecular formula is C22H19AsF3N4O2. The molecule has 165 valence electrons. The molecular weight excluding hydrogens is 484 g/mol. The molecule has 3 aromatic rings. The zero-order chi connectivity index (χ0) is 23.0. The third-order valence-electron chi connectivity index (χ3n) is 4.99. The van der Waals surface area contributed by atoms with E-state index in [2.05, 4.69) is 9.97 Å². The Morgan fingerprint density at radius 3 is 2.62 bits per heavy atom. The van der Waals surface area contributed by atoms with Gasteiger partial charge in [-0.15, -0.1) is 0 Å². The molecule has 0 saturated heterocycles. The number of nitrogens with zero attached hydrogens (tertiary/aromatic N) is 3. The molecule has 2 N–H and O–H groups in total. The molecule has 4 rings (SSSR count). The number of primary amides is 1. The first kappa shape index (κ1) is 22.1. The second-order valence-electron chi connectivity index (χ2n) is 7.45. The minimum atomic E-state index is -0.917. The van der Waals surface area contributed by atoms with Gasteiger partial charge in [-0.1, -0.05) is 0 Å². The molecule has 0 fully saturated rings. The van der Waals surface area contributed by atoms with E-state index in [9.17, 15) is 18.0 Å². The number of carbonyl (C=O) groups excluding carboxylic acids is 1. The van der Waals surface area contributed by atoms with E-state index in [1.807, 2.05) is 18.7 Å². The van der Waals surface area contributed by atoms with Gasteiger partial charge in [0.2, 0.25) is 0 Å². The van der Waals surface area contributed by atoms with Crippen molar-refractivity contribution in [2.24, 2.45) is 5.73 Å². The van der Waals surface area contributed by atoms with Crippen LogP contribution in [0.1, 0.15) is 24.2 Å². The van der Waals surface area contributed by atoms with Crippen LogP contribution in [0, 0.1) is 17.5 Å². The molecule has 0 spiro atoms. The molecule has 1 amide bonds. The molecule has 1 radical (unpaired) electrons. The van der Waals surface area contributed by atoms with Crippen molar-refractivity contribution in [3.63, 3.8) is 0 Å². The van der Waals surface area contributed by atoms with Gasteiger partial charge < -0.3 is 0 Å². The first-order valence-electron chi connectivity index (χ1n) is 9.81. The molecule has 1 aliphatic heterocycles. The van der Waals surface area contributed by atoms with Gasteiger partial charge in [-0.3, -0.25) is 0 Å². The third kappa shape index (κ3) is 4.30. The molecule has 10 heteroatoms. The van der Waals surface area contributed by atoms with Gasteiger partial charge in [-0.25, -0.2) is 0 Å². The quantitative estimate of drug-likeness (QED) is 0.539. The van der Waals surface area contributed by atoms with Gasteiger partial charge in [0, 0.05) is 0 Å². The Kier molecular flexibility index (Phi) is 6.10. The second kappa shape index (κ2) is 8.82. The maximum atomic E-state index is 14.8. The van der Waals surface area contributed by atoms with E-state index in [-0.39, 0.29) is 28.6 Å². The predicted octanol–water partition coefficient (Wildman–Crippen LogP) is 1.92. The Balaban J connectivity index is 1.71. The average molecular weight is 503 g/mol. The van der Waals surface area contributed by atoms with Crippen LogP contribution in [0.25, 0.3) is 11.3 Å². The van der Waals surface area contributed by atoms with Crippen molar-refractivity contribution in [3.05, 3.63) is 59.5 Å². The summed E-state index contributed by atoms with van der Waals surface area (Å²) in [4.78, 5) is 21.5. The third-order valence-corrected chi connectivity index (χ3v) is 6.98. The number of nitrogens with two attached hydrogens (primary N) is 1. The van der Waals surface area contributed by atoms with E-state index < -0.39 is 39.1 Å². The molecule has 1 aliphatic rings. The van der Waals surface area contributed by atoms with Crippen LogP contribution in [0.4, 0.5) is 18.9 Å². The van der Waals surface area contributed by atoms with Crippen LogP contribution in [-0.4, -0.2) is 50.8 Å². The van der Waals surface area contributed by atoms with Crippen molar-refractivity contribution in [1.82, 2.24) is 9.97 Å². The van der Waals surface area contributed by atoms with Crippen LogP contribution in [0.5, 0.6) is 5.75 Å². The summed E-state index contributed by atoms with van der Waals surface area (Å²) in [6.07, 6.45) is 1.02. The van der Waals surface area contributed by atoms with Crippen molar-refractivity contribution in [1.29, 1.82) is 0 Å². The second-order valence-corrected chi connectivity index (χ2v) is 9.84. The first-order chi connectivity index (χ1) is 15.2. The normalized spacial score (nSPS) is 13.5. The summed E-state index contributed by atoms with van der Waals surface area (Å²) in [5, 5.41) is 0. The van der Waals surface area contributed by atoms with Crippen molar-refractivity contribution < 1.29 is 22.7 Å². The SMILES string of the molecule is CC(C)N1CCOc2c(F)cc(-c3nc([As]c4ccc(C(N)=O)c(F)c4)ncc3F)cc21. The summed E-state index contributed by atoms with van der Waals surface area (Å²) in [5.74, 6) is -2.76. The number of carbonyl (C=O) groups is 1. The van der Waals surface area contributed by atoms with Gasteiger partial charge in [0.1, 0.15) is 0 Å². The molecule has 32 heavy (non-hydrogen) atoms. The Hall–Kier alpha value is -3.06. The van der Waals surface area contributed by atoms with Crippen molar-refractivity contribution in [3.8, 4) is 17.0 Å². The van der Waals surface area contributed by atoms with Crippen LogP contribution < -0.4 is 24.3 Å². The van der Waals surface area contributed by atoms with Gasteiger partial charge in [0.25, 0.3) is 0 Å². The number of anilines is 1. The number of aromatic nitrogens is 2. The summed E-state index contributed by atoms with van der Waals surface area (Å²) < 4.78 is 49.9. The Morgan fingerprint density at radius 2 is 1.94 bits per heavy atom. The number of benzene rings is 2. The van der Waals surface area contributed by atoms with E-state index in [0.717, 1.165) is 6.20 Å². The molecule has 0 aliphatic carbocycles. The van der Waals surface area contributed by atoms with E-state index in [0.29, 0.717) is 27.8 Å². The number of ether oxygens (including phenoxy) is 1. The molecule has 0 atom stereocenters. The molecule has 0 unspecified atom stereocenters. The summed E-state index contributed by atoms with van der Waals surface area (Å²) in [6.45, 7) is 4.91. The van der Waals surface area contributed by atoms with Crippen molar-refractivity contribution >= 4 is 36.3 Å². The van der Waals surface area contributed by atoms with Crippen LogP contribution in [-0.2, 0) is 0 Å². The van der Waals surface area contributed by atoms with Gasteiger partial charge in [-0.2, -0.15) is 0 Å². The van der Waals surface area contributed by atoms with Crippen molar-refractivity contribution in [2.75, 3.05) is 18.1 Å². The Morgan fingerprint density at radius 1 is 1.16 bits per heavy atom. The fourth-order valence-corrected chi connectivity index (χ4v) is 5.21. The zero-order valence-electron chi connectivity index (χ0n) is 17.3. The molecule has 2 heterocycles. The molecule has 2 aromatic carbocycles. The van der Waals surface area contributed by atoms with Gasteiger partial charge >= 0.3 is 189 Å². The van der Waals surface area contributed by atoms with E-state index in [4.69, 9.17) is 10.5 Å². The predicted molar refractivity (Wildman–Crippen MR) is 115 cm³/mol. The minimum absolute atomic E-state index is 0.0458. The van der Waals surface area contributed by atoms with E-state index >= 15 is 0 Å². The number of hydrogen-bond donors (Lipinski definition) is 1. The molecule has 6 nitrogen and oxygen atoms in total. The standard InChI is InChI=1S/C22H19AsF3N4O2/c1-11(2)30-5-6-32-20-16(25)7-12(8-18(20)30)19-17(26)10-28-22(29-19)23-13-3-4-14(21(27)31)15(24)9-13/h3-4,7-11H,5-6H2,1-2H3,(H2,27,31). The van der Waals surface area contributed by atoms with Gasteiger partial charge in [0.05, 0.1) is 0 Å². The van der Waals surface area contributed by atoms with Crippen LogP contribution in [0.3, 0.4) is 0 Å². The Bertz CT molecular complexity index is 1210. The number of hydrogen-bond acceptors (Lipinski definition) is 5. The van der Waals surface area contributed by atoms with E-state index in [1.54, 1.807) is 12.1 Å². The van der Waals surface area contributed by atoms with Crippen molar-refractivity contribution in [2.45, 2.75) is 19.9 Å². The summed E-state index contributed by atoms with van der Waals surface area (Å²) in [5.41, 5.74) is 5.67. The zero-order valence-corrected chi connectivity index (χ0v) is 19.1. The van der Waals surface area contributed by atoms with E-state index in [1.165, 1.54) is 18.2 Å². The first-order valence-corrected chi connectivity index (χ1v) is 11.7. The topological polar surface area (TPSA) is 81.3 Å².